The van der Waals surface area contributed by atoms with Gasteiger partial charge in [0, 0.05) is 12.2 Å². The van der Waals surface area contributed by atoms with Crippen molar-refractivity contribution < 1.29 is 19.1 Å². The number of rotatable bonds is 6. The zero-order chi connectivity index (χ0) is 21.8. The second-order valence-electron chi connectivity index (χ2n) is 7.22. The van der Waals surface area contributed by atoms with Crippen molar-refractivity contribution in [1.82, 2.24) is 4.90 Å². The number of carbonyl (C=O) groups excluding carboxylic acids is 2. The predicted molar refractivity (Wildman–Crippen MR) is 121 cm³/mol. The molecular formula is C24H24N2O4S. The molecule has 0 spiro atoms. The average molecular weight is 437 g/mol. The summed E-state index contributed by atoms with van der Waals surface area (Å²) in [6, 6.07) is 16.9. The molecular weight excluding hydrogens is 412 g/mol. The maximum Gasteiger partial charge on any atom is 0.338 e. The standard InChI is InChI=1S/C24H24N2O4S/c1-3-29-23(28)21-16(2)25-24-26(20(27)13-14-31-24)22(21)18-9-11-19(12-10-18)30-15-17-7-5-4-6-8-17/h4-12,22H,3,13-15H2,1-2H3/t22-/m0/s1. The van der Waals surface area contributed by atoms with Crippen molar-refractivity contribution >= 4 is 28.8 Å². The Labute approximate surface area is 185 Å². The fourth-order valence-electron chi connectivity index (χ4n) is 3.67. The number of hydrogen-bond acceptors (Lipinski definition) is 6. The fraction of sp³-hybridized carbons (Fsp3) is 0.292. The van der Waals surface area contributed by atoms with Crippen LogP contribution >= 0.6 is 11.8 Å². The summed E-state index contributed by atoms with van der Waals surface area (Å²) in [5.41, 5.74) is 2.89. The molecule has 0 saturated carbocycles. The third kappa shape index (κ3) is 4.51. The molecule has 2 aromatic rings. The smallest absolute Gasteiger partial charge is 0.338 e. The molecule has 1 amide bonds. The lowest BCUT2D eigenvalue weighted by molar-refractivity contribution is -0.139. The van der Waals surface area contributed by atoms with E-state index in [1.54, 1.807) is 18.7 Å². The molecule has 1 saturated heterocycles. The minimum Gasteiger partial charge on any atom is -0.489 e. The molecule has 0 N–H and O–H groups in total. The summed E-state index contributed by atoms with van der Waals surface area (Å²) in [6.45, 7) is 4.28. The highest BCUT2D eigenvalue weighted by molar-refractivity contribution is 8.14. The molecule has 2 aliphatic rings. The van der Waals surface area contributed by atoms with Crippen LogP contribution < -0.4 is 4.74 Å². The summed E-state index contributed by atoms with van der Waals surface area (Å²) in [4.78, 5) is 31.8. The number of esters is 1. The molecule has 0 unspecified atom stereocenters. The van der Waals surface area contributed by atoms with Gasteiger partial charge in [0.25, 0.3) is 0 Å². The molecule has 1 fully saturated rings. The molecule has 2 aliphatic heterocycles. The average Bonchev–Trinajstić information content (AvgIpc) is 2.78. The van der Waals surface area contributed by atoms with Crippen LogP contribution in [-0.4, -0.2) is 34.3 Å². The van der Waals surface area contributed by atoms with Crippen LogP contribution in [0.3, 0.4) is 0 Å². The molecule has 2 heterocycles. The lowest BCUT2D eigenvalue weighted by Gasteiger charge is -2.38. The van der Waals surface area contributed by atoms with E-state index in [9.17, 15) is 9.59 Å². The van der Waals surface area contributed by atoms with Gasteiger partial charge in [-0.15, -0.1) is 0 Å². The topological polar surface area (TPSA) is 68.2 Å². The first kappa shape index (κ1) is 21.2. The second kappa shape index (κ2) is 9.39. The maximum atomic E-state index is 12.8. The van der Waals surface area contributed by atoms with E-state index in [1.165, 1.54) is 11.8 Å². The normalized spacial score (nSPS) is 18.4. The highest BCUT2D eigenvalue weighted by Crippen LogP contribution is 2.40. The molecule has 0 aromatic heterocycles. The van der Waals surface area contributed by atoms with Gasteiger partial charge in [-0.05, 0) is 37.1 Å². The SMILES string of the molecule is CCOC(=O)C1=C(C)N=C2SCCC(=O)N2[C@H]1c1ccc(OCc2ccccc2)cc1. The number of carbonyl (C=O) groups is 2. The first-order valence-corrected chi connectivity index (χ1v) is 11.2. The Morgan fingerprint density at radius 1 is 1.16 bits per heavy atom. The number of amidine groups is 1. The Hall–Kier alpha value is -3.06. The van der Waals surface area contributed by atoms with Crippen molar-refractivity contribution in [1.29, 1.82) is 0 Å². The number of benzene rings is 2. The Morgan fingerprint density at radius 2 is 1.90 bits per heavy atom. The number of hydrogen-bond donors (Lipinski definition) is 0. The van der Waals surface area contributed by atoms with E-state index in [-0.39, 0.29) is 12.5 Å². The minimum atomic E-state index is -0.560. The molecule has 31 heavy (non-hydrogen) atoms. The summed E-state index contributed by atoms with van der Waals surface area (Å²) in [5.74, 6) is 0.923. The second-order valence-corrected chi connectivity index (χ2v) is 8.28. The van der Waals surface area contributed by atoms with Crippen molar-refractivity contribution in [2.45, 2.75) is 32.9 Å². The van der Waals surface area contributed by atoms with Crippen LogP contribution in [-0.2, 0) is 20.9 Å². The van der Waals surface area contributed by atoms with Gasteiger partial charge in [-0.2, -0.15) is 0 Å². The molecule has 6 nitrogen and oxygen atoms in total. The summed E-state index contributed by atoms with van der Waals surface area (Å²) in [7, 11) is 0. The maximum absolute atomic E-state index is 12.8. The Kier molecular flexibility index (Phi) is 6.42. The van der Waals surface area contributed by atoms with E-state index in [0.717, 1.165) is 16.9 Å². The van der Waals surface area contributed by atoms with Gasteiger partial charge in [0.1, 0.15) is 12.4 Å². The number of ether oxygens (including phenoxy) is 2. The highest BCUT2D eigenvalue weighted by atomic mass is 32.2. The van der Waals surface area contributed by atoms with E-state index >= 15 is 0 Å². The Bertz CT molecular complexity index is 1030. The molecule has 160 valence electrons. The minimum absolute atomic E-state index is 0.0406. The molecule has 7 heteroatoms. The van der Waals surface area contributed by atoms with Gasteiger partial charge in [-0.1, -0.05) is 54.2 Å². The number of aliphatic imine (C=N–C) groups is 1. The first-order valence-electron chi connectivity index (χ1n) is 10.3. The van der Waals surface area contributed by atoms with Gasteiger partial charge in [-0.25, -0.2) is 9.79 Å². The zero-order valence-electron chi connectivity index (χ0n) is 17.5. The third-order valence-electron chi connectivity index (χ3n) is 5.15. The Balaban J connectivity index is 1.63. The number of nitrogens with zero attached hydrogens (tertiary/aromatic N) is 2. The lowest BCUT2D eigenvalue weighted by atomic mass is 9.94. The summed E-state index contributed by atoms with van der Waals surface area (Å²) in [5, 5.41) is 0.635. The van der Waals surface area contributed by atoms with Crippen LogP contribution in [0.1, 0.15) is 37.4 Å². The van der Waals surface area contributed by atoms with Gasteiger partial charge in [-0.3, -0.25) is 9.69 Å². The first-order chi connectivity index (χ1) is 15.1. The summed E-state index contributed by atoms with van der Waals surface area (Å²) in [6.07, 6.45) is 0.410. The van der Waals surface area contributed by atoms with Crippen molar-refractivity contribution in [3.05, 3.63) is 77.0 Å². The van der Waals surface area contributed by atoms with Crippen LogP contribution in [0.2, 0.25) is 0 Å². The highest BCUT2D eigenvalue weighted by Gasteiger charge is 2.41. The zero-order valence-corrected chi connectivity index (χ0v) is 18.4. The van der Waals surface area contributed by atoms with Crippen LogP contribution in [0.25, 0.3) is 0 Å². The summed E-state index contributed by atoms with van der Waals surface area (Å²) >= 11 is 1.53. The lowest BCUT2D eigenvalue weighted by Crippen LogP contribution is -2.45. The van der Waals surface area contributed by atoms with Crippen molar-refractivity contribution in [3.8, 4) is 5.75 Å². The van der Waals surface area contributed by atoms with E-state index in [4.69, 9.17) is 9.47 Å². The van der Waals surface area contributed by atoms with Crippen LogP contribution in [0, 0.1) is 0 Å². The number of amides is 1. The van der Waals surface area contributed by atoms with E-state index in [2.05, 4.69) is 4.99 Å². The van der Waals surface area contributed by atoms with Crippen LogP contribution in [0.5, 0.6) is 5.75 Å². The quantitative estimate of drug-likeness (QED) is 0.625. The fourth-order valence-corrected chi connectivity index (χ4v) is 4.68. The van der Waals surface area contributed by atoms with Gasteiger partial charge in [0.15, 0.2) is 5.17 Å². The van der Waals surface area contributed by atoms with Crippen LogP contribution in [0.4, 0.5) is 0 Å². The molecule has 0 aliphatic carbocycles. The Morgan fingerprint density at radius 3 is 2.61 bits per heavy atom. The van der Waals surface area contributed by atoms with E-state index in [0.29, 0.717) is 35.2 Å². The van der Waals surface area contributed by atoms with Gasteiger partial charge < -0.3 is 9.47 Å². The largest absolute Gasteiger partial charge is 0.489 e. The van der Waals surface area contributed by atoms with Crippen molar-refractivity contribution in [2.75, 3.05) is 12.4 Å². The van der Waals surface area contributed by atoms with Crippen molar-refractivity contribution in [3.63, 3.8) is 0 Å². The molecule has 0 bridgehead atoms. The number of fused-ring (bicyclic) bond motifs is 1. The summed E-state index contributed by atoms with van der Waals surface area (Å²) < 4.78 is 11.2. The van der Waals surface area contributed by atoms with Gasteiger partial charge in [0.05, 0.1) is 23.9 Å². The molecule has 2 aromatic carbocycles. The van der Waals surface area contributed by atoms with Gasteiger partial charge in [0.2, 0.25) is 5.91 Å². The monoisotopic (exact) mass is 436 g/mol. The molecule has 4 rings (SSSR count). The number of allylic oxidation sites excluding steroid dienone is 1. The van der Waals surface area contributed by atoms with Crippen molar-refractivity contribution in [2.24, 2.45) is 4.99 Å². The molecule has 0 radical (unpaired) electrons. The molecule has 1 atom stereocenters. The van der Waals surface area contributed by atoms with E-state index in [1.807, 2.05) is 54.6 Å². The van der Waals surface area contributed by atoms with Gasteiger partial charge >= 0.3 is 5.97 Å². The van der Waals surface area contributed by atoms with E-state index < -0.39 is 12.0 Å². The third-order valence-corrected chi connectivity index (χ3v) is 6.10. The van der Waals surface area contributed by atoms with Crippen LogP contribution in [0.15, 0.2) is 70.9 Å². The predicted octanol–water partition coefficient (Wildman–Crippen LogP) is 4.48. The number of thioether (sulfide) groups is 1.